The van der Waals surface area contributed by atoms with Gasteiger partial charge in [-0.3, -0.25) is 0 Å². The summed E-state index contributed by atoms with van der Waals surface area (Å²) in [6.45, 7) is 2.15. The standard InChI is InChI=1S/C8H10S2/c1-2-10-8-5-3-7(9)4-6-8/h3-6,9H,2H2,1H3. The average molecular weight is 170 g/mol. The van der Waals surface area contributed by atoms with Crippen LogP contribution in [0.15, 0.2) is 34.1 Å². The lowest BCUT2D eigenvalue weighted by Gasteiger charge is -1.96. The Kier molecular flexibility index (Phi) is 3.16. The molecule has 1 rings (SSSR count). The quantitative estimate of drug-likeness (QED) is 0.525. The van der Waals surface area contributed by atoms with Crippen molar-refractivity contribution in [1.29, 1.82) is 0 Å². The topological polar surface area (TPSA) is 0 Å². The van der Waals surface area contributed by atoms with E-state index >= 15 is 0 Å². The third-order valence-corrected chi connectivity index (χ3v) is 2.34. The molecule has 0 bridgehead atoms. The van der Waals surface area contributed by atoms with Crippen molar-refractivity contribution < 1.29 is 0 Å². The van der Waals surface area contributed by atoms with Gasteiger partial charge in [-0.05, 0) is 30.0 Å². The molecule has 0 atom stereocenters. The van der Waals surface area contributed by atoms with Gasteiger partial charge in [0.15, 0.2) is 0 Å². The highest BCUT2D eigenvalue weighted by Gasteiger charge is 1.88. The van der Waals surface area contributed by atoms with Gasteiger partial charge in [-0.2, -0.15) is 0 Å². The van der Waals surface area contributed by atoms with Gasteiger partial charge in [0.05, 0.1) is 0 Å². The van der Waals surface area contributed by atoms with E-state index in [0.29, 0.717) is 0 Å². The summed E-state index contributed by atoms with van der Waals surface area (Å²) >= 11 is 6.04. The van der Waals surface area contributed by atoms with Gasteiger partial charge in [0.2, 0.25) is 0 Å². The monoisotopic (exact) mass is 170 g/mol. The zero-order valence-corrected chi connectivity index (χ0v) is 7.58. The van der Waals surface area contributed by atoms with E-state index in [1.165, 1.54) is 4.90 Å². The zero-order valence-electron chi connectivity index (χ0n) is 5.87. The molecule has 0 unspecified atom stereocenters. The predicted octanol–water partition coefficient (Wildman–Crippen LogP) is 3.09. The fourth-order valence-corrected chi connectivity index (χ4v) is 1.52. The van der Waals surface area contributed by atoms with Crippen LogP contribution in [0.3, 0.4) is 0 Å². The van der Waals surface area contributed by atoms with Crippen LogP contribution in [-0.2, 0) is 0 Å². The first-order chi connectivity index (χ1) is 4.83. The van der Waals surface area contributed by atoms with Crippen molar-refractivity contribution in [2.45, 2.75) is 16.7 Å². The Morgan fingerprint density at radius 1 is 1.30 bits per heavy atom. The molecule has 0 aromatic heterocycles. The number of rotatable bonds is 2. The molecule has 0 aliphatic heterocycles. The van der Waals surface area contributed by atoms with Crippen LogP contribution in [-0.4, -0.2) is 5.75 Å². The first kappa shape index (κ1) is 8.02. The summed E-state index contributed by atoms with van der Waals surface area (Å²) < 4.78 is 0. The summed E-state index contributed by atoms with van der Waals surface area (Å²) in [6.07, 6.45) is 0. The molecule has 0 N–H and O–H groups in total. The van der Waals surface area contributed by atoms with Gasteiger partial charge in [-0.1, -0.05) is 6.92 Å². The molecule has 0 saturated heterocycles. The molecular formula is C8H10S2. The lowest BCUT2D eigenvalue weighted by Crippen LogP contribution is -1.71. The van der Waals surface area contributed by atoms with Crippen LogP contribution in [0, 0.1) is 0 Å². The molecule has 0 aliphatic carbocycles. The number of hydrogen-bond acceptors (Lipinski definition) is 2. The van der Waals surface area contributed by atoms with E-state index in [9.17, 15) is 0 Å². The van der Waals surface area contributed by atoms with Gasteiger partial charge in [0.25, 0.3) is 0 Å². The first-order valence-electron chi connectivity index (χ1n) is 3.24. The van der Waals surface area contributed by atoms with Crippen molar-refractivity contribution in [3.8, 4) is 0 Å². The highest BCUT2D eigenvalue weighted by molar-refractivity contribution is 7.99. The van der Waals surface area contributed by atoms with E-state index in [4.69, 9.17) is 0 Å². The van der Waals surface area contributed by atoms with Crippen molar-refractivity contribution in [3.05, 3.63) is 24.3 Å². The largest absolute Gasteiger partial charge is 0.143 e. The van der Waals surface area contributed by atoms with E-state index in [0.717, 1.165) is 10.6 Å². The summed E-state index contributed by atoms with van der Waals surface area (Å²) in [5.74, 6) is 1.13. The Morgan fingerprint density at radius 2 is 1.90 bits per heavy atom. The van der Waals surface area contributed by atoms with Crippen LogP contribution in [0.2, 0.25) is 0 Å². The summed E-state index contributed by atoms with van der Waals surface area (Å²) in [7, 11) is 0. The fourth-order valence-electron chi connectivity index (χ4n) is 0.709. The van der Waals surface area contributed by atoms with Gasteiger partial charge >= 0.3 is 0 Å². The highest BCUT2D eigenvalue weighted by atomic mass is 32.2. The van der Waals surface area contributed by atoms with Gasteiger partial charge in [0, 0.05) is 9.79 Å². The van der Waals surface area contributed by atoms with Gasteiger partial charge in [-0.15, -0.1) is 24.4 Å². The molecule has 0 heterocycles. The normalized spacial score (nSPS) is 9.80. The summed E-state index contributed by atoms with van der Waals surface area (Å²) in [6, 6.07) is 8.22. The van der Waals surface area contributed by atoms with Crippen LogP contribution in [0.25, 0.3) is 0 Å². The molecule has 0 fully saturated rings. The maximum absolute atomic E-state index is 4.19. The smallest absolute Gasteiger partial charge is 0.00726 e. The van der Waals surface area contributed by atoms with Gasteiger partial charge in [-0.25, -0.2) is 0 Å². The van der Waals surface area contributed by atoms with E-state index in [-0.39, 0.29) is 0 Å². The minimum absolute atomic E-state index is 1.03. The van der Waals surface area contributed by atoms with Crippen molar-refractivity contribution in [3.63, 3.8) is 0 Å². The van der Waals surface area contributed by atoms with Gasteiger partial charge < -0.3 is 0 Å². The first-order valence-corrected chi connectivity index (χ1v) is 4.68. The molecule has 0 nitrogen and oxygen atoms in total. The van der Waals surface area contributed by atoms with Crippen molar-refractivity contribution in [2.75, 3.05) is 5.75 Å². The number of benzene rings is 1. The minimum atomic E-state index is 1.03. The lowest BCUT2D eigenvalue weighted by molar-refractivity contribution is 1.35. The molecular weight excluding hydrogens is 160 g/mol. The fraction of sp³-hybridized carbons (Fsp3) is 0.250. The maximum Gasteiger partial charge on any atom is 0.00726 e. The lowest BCUT2D eigenvalue weighted by atomic mass is 10.4. The molecule has 0 saturated carbocycles. The molecule has 0 spiro atoms. The summed E-state index contributed by atoms with van der Waals surface area (Å²) in [5, 5.41) is 0. The van der Waals surface area contributed by atoms with E-state index in [1.54, 1.807) is 0 Å². The molecule has 54 valence electrons. The molecule has 0 amide bonds. The van der Waals surface area contributed by atoms with Gasteiger partial charge in [0.1, 0.15) is 0 Å². The molecule has 0 radical (unpaired) electrons. The van der Waals surface area contributed by atoms with E-state index in [2.05, 4.69) is 31.7 Å². The van der Waals surface area contributed by atoms with E-state index < -0.39 is 0 Å². The molecule has 1 aromatic carbocycles. The second kappa shape index (κ2) is 3.94. The van der Waals surface area contributed by atoms with E-state index in [1.807, 2.05) is 23.9 Å². The Morgan fingerprint density at radius 3 is 2.40 bits per heavy atom. The second-order valence-corrected chi connectivity index (χ2v) is 3.78. The average Bonchev–Trinajstić information content (AvgIpc) is 1.95. The third kappa shape index (κ3) is 2.27. The zero-order chi connectivity index (χ0) is 7.40. The molecule has 0 aliphatic rings. The SMILES string of the molecule is CCSc1ccc(S)cc1. The van der Waals surface area contributed by atoms with Crippen molar-refractivity contribution >= 4 is 24.4 Å². The third-order valence-electron chi connectivity index (χ3n) is 1.15. The number of thioether (sulfide) groups is 1. The summed E-state index contributed by atoms with van der Waals surface area (Å²) in [5.41, 5.74) is 0. The van der Waals surface area contributed by atoms with Crippen LogP contribution < -0.4 is 0 Å². The highest BCUT2D eigenvalue weighted by Crippen LogP contribution is 2.18. The Balaban J connectivity index is 2.69. The number of thiol groups is 1. The van der Waals surface area contributed by atoms with Crippen LogP contribution >= 0.6 is 24.4 Å². The van der Waals surface area contributed by atoms with Crippen molar-refractivity contribution in [2.24, 2.45) is 0 Å². The minimum Gasteiger partial charge on any atom is -0.143 e. The number of hydrogen-bond donors (Lipinski definition) is 1. The van der Waals surface area contributed by atoms with Crippen LogP contribution in [0.4, 0.5) is 0 Å². The molecule has 10 heavy (non-hydrogen) atoms. The van der Waals surface area contributed by atoms with Crippen molar-refractivity contribution in [1.82, 2.24) is 0 Å². The molecule has 1 aromatic rings. The Labute approximate surface area is 71.4 Å². The Hall–Kier alpha value is -0.0800. The molecule has 2 heteroatoms. The predicted molar refractivity (Wildman–Crippen MR) is 50.1 cm³/mol. The van der Waals surface area contributed by atoms with Crippen LogP contribution in [0.1, 0.15) is 6.92 Å². The summed E-state index contributed by atoms with van der Waals surface area (Å²) in [4.78, 5) is 2.35. The Bertz CT molecular complexity index is 191. The second-order valence-electron chi connectivity index (χ2n) is 1.93. The van der Waals surface area contributed by atoms with Crippen LogP contribution in [0.5, 0.6) is 0 Å². The maximum atomic E-state index is 4.19.